The van der Waals surface area contributed by atoms with E-state index < -0.39 is 0 Å². The SMILES string of the molecule is O=C1c2ccccc2C(=O)c2c(OC(=S)Sc3cccc4c3C(=O)c3ccccc3C4=O)cccc21. The number of fused-ring (bicyclic) bond motifs is 4. The average molecular weight is 507 g/mol. The first-order valence-corrected chi connectivity index (χ1v) is 12.2. The molecule has 6 rings (SSSR count). The number of carbonyl (C=O) groups excluding carboxylic acids is 4. The Kier molecular flexibility index (Phi) is 5.25. The normalized spacial score (nSPS) is 13.4. The second kappa shape index (κ2) is 8.48. The summed E-state index contributed by atoms with van der Waals surface area (Å²) in [7, 11) is 0. The van der Waals surface area contributed by atoms with Crippen LogP contribution in [0.5, 0.6) is 5.75 Å². The highest BCUT2D eigenvalue weighted by molar-refractivity contribution is 8.22. The predicted octanol–water partition coefficient (Wildman–Crippen LogP) is 5.69. The molecule has 0 heterocycles. The van der Waals surface area contributed by atoms with Gasteiger partial charge in [-0.1, -0.05) is 72.8 Å². The molecule has 2 aliphatic carbocycles. The summed E-state index contributed by atoms with van der Waals surface area (Å²) in [5.41, 5.74) is 2.35. The van der Waals surface area contributed by atoms with Gasteiger partial charge >= 0.3 is 0 Å². The standard InChI is InChI=1S/C29H14O5S2/c30-25-15-7-1-3-9-17(15)27(32)23-19(25)11-5-13-21(23)34-29(35)36-22-14-6-12-20-24(22)28(33)18-10-4-2-8-16(18)26(20)31/h1-14H. The van der Waals surface area contributed by atoms with Crippen molar-refractivity contribution in [1.29, 1.82) is 0 Å². The first kappa shape index (κ1) is 22.3. The molecule has 4 aromatic carbocycles. The van der Waals surface area contributed by atoms with Crippen molar-refractivity contribution in [2.45, 2.75) is 4.90 Å². The van der Waals surface area contributed by atoms with Crippen LogP contribution >= 0.6 is 24.0 Å². The van der Waals surface area contributed by atoms with E-state index in [9.17, 15) is 19.2 Å². The van der Waals surface area contributed by atoms with Crippen LogP contribution in [0.1, 0.15) is 63.7 Å². The van der Waals surface area contributed by atoms with E-state index in [4.69, 9.17) is 17.0 Å². The lowest BCUT2D eigenvalue weighted by Crippen LogP contribution is -2.22. The predicted molar refractivity (Wildman–Crippen MR) is 139 cm³/mol. The summed E-state index contributed by atoms with van der Waals surface area (Å²) in [5.74, 6) is -0.910. The Morgan fingerprint density at radius 1 is 0.528 bits per heavy atom. The molecule has 0 aliphatic heterocycles. The van der Waals surface area contributed by atoms with Gasteiger partial charge in [-0.2, -0.15) is 0 Å². The summed E-state index contributed by atoms with van der Waals surface area (Å²) in [6, 6.07) is 23.2. The fourth-order valence-electron chi connectivity index (χ4n) is 4.60. The van der Waals surface area contributed by atoms with Crippen molar-refractivity contribution in [1.82, 2.24) is 0 Å². The molecule has 0 atom stereocenters. The molecule has 172 valence electrons. The molecule has 0 saturated carbocycles. The van der Waals surface area contributed by atoms with E-state index >= 15 is 0 Å². The van der Waals surface area contributed by atoms with E-state index in [0.29, 0.717) is 32.7 Å². The number of ether oxygens (including phenoxy) is 1. The lowest BCUT2D eigenvalue weighted by molar-refractivity contribution is 0.0977. The molecule has 0 unspecified atom stereocenters. The van der Waals surface area contributed by atoms with Crippen LogP contribution in [0, 0.1) is 0 Å². The first-order chi connectivity index (χ1) is 17.5. The molecule has 0 spiro atoms. The van der Waals surface area contributed by atoms with E-state index in [1.54, 1.807) is 84.9 Å². The van der Waals surface area contributed by atoms with Gasteiger partial charge in [0.2, 0.25) is 4.38 Å². The molecule has 0 saturated heterocycles. The van der Waals surface area contributed by atoms with Crippen LogP contribution in [0.2, 0.25) is 0 Å². The van der Waals surface area contributed by atoms with Crippen molar-refractivity contribution < 1.29 is 23.9 Å². The van der Waals surface area contributed by atoms with Crippen molar-refractivity contribution in [2.24, 2.45) is 0 Å². The molecule has 7 heteroatoms. The van der Waals surface area contributed by atoms with Gasteiger partial charge in [0.15, 0.2) is 23.1 Å². The lowest BCUT2D eigenvalue weighted by Gasteiger charge is -2.21. The molecule has 0 N–H and O–H groups in total. The van der Waals surface area contributed by atoms with E-state index in [1.165, 1.54) is 0 Å². The van der Waals surface area contributed by atoms with E-state index in [1.807, 2.05) is 0 Å². The zero-order chi connectivity index (χ0) is 25.0. The first-order valence-electron chi connectivity index (χ1n) is 11.0. The maximum atomic E-state index is 13.3. The molecule has 0 aromatic heterocycles. The highest BCUT2D eigenvalue weighted by atomic mass is 32.2. The molecular weight excluding hydrogens is 492 g/mol. The summed E-state index contributed by atoms with van der Waals surface area (Å²) in [4.78, 5) is 53.0. The molecular formula is C29H14O5S2. The largest absolute Gasteiger partial charge is 0.439 e. The summed E-state index contributed by atoms with van der Waals surface area (Å²) in [6.45, 7) is 0. The monoisotopic (exact) mass is 506 g/mol. The van der Waals surface area contributed by atoms with Crippen LogP contribution < -0.4 is 4.74 Å². The van der Waals surface area contributed by atoms with Crippen LogP contribution in [0.15, 0.2) is 89.8 Å². The second-order valence-corrected chi connectivity index (χ2v) is 9.86. The van der Waals surface area contributed by atoms with Gasteiger partial charge in [-0.05, 0) is 36.1 Å². The lowest BCUT2D eigenvalue weighted by atomic mass is 9.84. The van der Waals surface area contributed by atoms with Gasteiger partial charge in [-0.3, -0.25) is 19.2 Å². The summed E-state index contributed by atoms with van der Waals surface area (Å²) >= 11 is 6.48. The van der Waals surface area contributed by atoms with E-state index in [0.717, 1.165) is 11.8 Å². The number of benzene rings is 4. The van der Waals surface area contributed by atoms with Crippen molar-refractivity contribution in [3.8, 4) is 5.75 Å². The fraction of sp³-hybridized carbons (Fsp3) is 0. The van der Waals surface area contributed by atoms with Crippen molar-refractivity contribution in [3.05, 3.63) is 129 Å². The number of rotatable bonds is 2. The Balaban J connectivity index is 1.34. The van der Waals surface area contributed by atoms with Crippen LogP contribution in [0.3, 0.4) is 0 Å². The van der Waals surface area contributed by atoms with Gasteiger partial charge in [-0.25, -0.2) is 0 Å². The van der Waals surface area contributed by atoms with Gasteiger partial charge in [0, 0.05) is 43.8 Å². The van der Waals surface area contributed by atoms with Crippen LogP contribution in [0.25, 0.3) is 0 Å². The fourth-order valence-corrected chi connectivity index (χ4v) is 5.72. The van der Waals surface area contributed by atoms with E-state index in [2.05, 4.69) is 0 Å². The van der Waals surface area contributed by atoms with Crippen molar-refractivity contribution in [3.63, 3.8) is 0 Å². The van der Waals surface area contributed by atoms with Crippen LogP contribution in [-0.2, 0) is 0 Å². The summed E-state index contributed by atoms with van der Waals surface area (Å²) in [6.07, 6.45) is 0. The molecule has 4 aromatic rings. The average Bonchev–Trinajstić information content (AvgIpc) is 2.90. The smallest absolute Gasteiger partial charge is 0.230 e. The summed E-state index contributed by atoms with van der Waals surface area (Å²) < 4.78 is 5.92. The Morgan fingerprint density at radius 3 is 1.56 bits per heavy atom. The number of ketones is 4. The zero-order valence-corrected chi connectivity index (χ0v) is 20.1. The zero-order valence-electron chi connectivity index (χ0n) is 18.4. The van der Waals surface area contributed by atoms with Crippen LogP contribution in [0.4, 0.5) is 0 Å². The molecule has 0 bridgehead atoms. The van der Waals surface area contributed by atoms with Gasteiger partial charge < -0.3 is 4.74 Å². The molecule has 2 aliphatic rings. The molecule has 36 heavy (non-hydrogen) atoms. The van der Waals surface area contributed by atoms with Gasteiger partial charge in [0.05, 0.1) is 5.56 Å². The second-order valence-electron chi connectivity index (χ2n) is 8.22. The van der Waals surface area contributed by atoms with Gasteiger partial charge in [-0.15, -0.1) is 0 Å². The van der Waals surface area contributed by atoms with Crippen molar-refractivity contribution in [2.75, 3.05) is 0 Å². The van der Waals surface area contributed by atoms with E-state index in [-0.39, 0.29) is 50.0 Å². The number of thioether (sulfide) groups is 1. The number of hydrogen-bond acceptors (Lipinski definition) is 7. The molecule has 0 amide bonds. The molecule has 0 radical (unpaired) electrons. The minimum absolute atomic E-state index is 0.0232. The Bertz CT molecular complexity index is 1560. The highest BCUT2D eigenvalue weighted by Crippen LogP contribution is 2.37. The van der Waals surface area contributed by atoms with Gasteiger partial charge in [0.25, 0.3) is 0 Å². The summed E-state index contributed by atoms with van der Waals surface area (Å²) in [5, 5.41) is 0. The third kappa shape index (κ3) is 3.36. The Labute approximate surface area is 215 Å². The molecule has 0 fully saturated rings. The number of carbonyl (C=O) groups is 4. The number of hydrogen-bond donors (Lipinski definition) is 0. The van der Waals surface area contributed by atoms with Gasteiger partial charge in [0.1, 0.15) is 5.75 Å². The topological polar surface area (TPSA) is 77.5 Å². The van der Waals surface area contributed by atoms with Crippen LogP contribution in [-0.4, -0.2) is 27.5 Å². The molecule has 5 nitrogen and oxygen atoms in total. The minimum Gasteiger partial charge on any atom is -0.439 e. The maximum absolute atomic E-state index is 13.3. The quantitative estimate of drug-likeness (QED) is 0.220. The third-order valence-corrected chi connectivity index (χ3v) is 7.36. The Hall–Kier alpha value is -4.20. The minimum atomic E-state index is -0.321. The Morgan fingerprint density at radius 2 is 0.972 bits per heavy atom. The third-order valence-electron chi connectivity index (χ3n) is 6.22. The highest BCUT2D eigenvalue weighted by Gasteiger charge is 2.34. The number of thiocarbonyl (C=S) groups is 1. The maximum Gasteiger partial charge on any atom is 0.230 e. The van der Waals surface area contributed by atoms with Crippen molar-refractivity contribution >= 4 is 51.5 Å².